The van der Waals surface area contributed by atoms with Crippen molar-refractivity contribution in [2.45, 2.75) is 44.8 Å². The van der Waals surface area contributed by atoms with Crippen LogP contribution < -0.4 is 10.6 Å². The van der Waals surface area contributed by atoms with Crippen LogP contribution in [0.15, 0.2) is 12.4 Å². The Labute approximate surface area is 183 Å². The smallest absolute Gasteiger partial charge is 0.248 e. The van der Waals surface area contributed by atoms with E-state index in [0.717, 1.165) is 5.82 Å². The van der Waals surface area contributed by atoms with E-state index in [1.165, 1.54) is 0 Å². The summed E-state index contributed by atoms with van der Waals surface area (Å²) < 4.78 is 35.8. The maximum atomic E-state index is 13.9. The van der Waals surface area contributed by atoms with Gasteiger partial charge in [-0.05, 0) is 25.7 Å². The van der Waals surface area contributed by atoms with Crippen LogP contribution in [0.2, 0.25) is 0 Å². The first-order valence-corrected chi connectivity index (χ1v) is 10.8. The molecule has 2 aliphatic heterocycles. The summed E-state index contributed by atoms with van der Waals surface area (Å²) in [7, 11) is 0. The lowest BCUT2D eigenvalue weighted by Crippen LogP contribution is -2.33. The Kier molecular flexibility index (Phi) is 4.02. The van der Waals surface area contributed by atoms with E-state index in [0.29, 0.717) is 54.6 Å². The van der Waals surface area contributed by atoms with Gasteiger partial charge in [0, 0.05) is 44.9 Å². The zero-order valence-corrected chi connectivity index (χ0v) is 17.9. The first kappa shape index (κ1) is 19.7. The molecule has 3 aromatic heterocycles. The molecule has 3 aliphatic rings. The van der Waals surface area contributed by atoms with Gasteiger partial charge in [-0.15, -0.1) is 0 Å². The molecule has 11 heteroatoms. The standard InChI is InChI=1S/C21H24F2N8O/c1-20(2)18-27-14-16(30-9-11-5-21(22,23)6-12(11)10-30)28-15(13-7-25-19(24)26-8-13)29-17(14)31(18)3-4-32-20/h7-8,11-12H,3-6,9-10H2,1-2H3,(H2,24,25,26)/t11-,12+. The molecule has 5 heterocycles. The van der Waals surface area contributed by atoms with Crippen molar-refractivity contribution in [1.82, 2.24) is 29.5 Å². The number of nitrogen functional groups attached to an aromatic ring is 1. The molecule has 0 unspecified atom stereocenters. The van der Waals surface area contributed by atoms with Crippen molar-refractivity contribution in [1.29, 1.82) is 0 Å². The van der Waals surface area contributed by atoms with E-state index >= 15 is 0 Å². The van der Waals surface area contributed by atoms with Gasteiger partial charge < -0.3 is 19.9 Å². The van der Waals surface area contributed by atoms with Crippen molar-refractivity contribution in [2.24, 2.45) is 11.8 Å². The Balaban J connectivity index is 1.50. The van der Waals surface area contributed by atoms with Crippen molar-refractivity contribution in [2.75, 3.05) is 30.3 Å². The molecule has 168 valence electrons. The predicted octanol–water partition coefficient (Wildman–Crippen LogP) is 2.61. The lowest BCUT2D eigenvalue weighted by Gasteiger charge is -2.30. The third-order valence-corrected chi connectivity index (χ3v) is 6.82. The quantitative estimate of drug-likeness (QED) is 0.645. The number of halogens is 2. The molecular weight excluding hydrogens is 418 g/mol. The molecule has 0 amide bonds. The summed E-state index contributed by atoms with van der Waals surface area (Å²) in [6.07, 6.45) is 3.05. The fraction of sp³-hybridized carbons (Fsp3) is 0.571. The predicted molar refractivity (Wildman–Crippen MR) is 113 cm³/mol. The Hall–Kier alpha value is -2.95. The topological polar surface area (TPSA) is 108 Å². The lowest BCUT2D eigenvalue weighted by molar-refractivity contribution is -0.0530. The molecular formula is C21H24F2N8O. The number of anilines is 2. The van der Waals surface area contributed by atoms with Crippen molar-refractivity contribution in [3.05, 3.63) is 18.2 Å². The van der Waals surface area contributed by atoms with E-state index in [9.17, 15) is 8.78 Å². The third kappa shape index (κ3) is 3.01. The van der Waals surface area contributed by atoms with Gasteiger partial charge >= 0.3 is 0 Å². The Morgan fingerprint density at radius 1 is 1.06 bits per heavy atom. The number of hydrogen-bond donors (Lipinski definition) is 1. The zero-order chi connectivity index (χ0) is 22.3. The minimum atomic E-state index is -2.57. The third-order valence-electron chi connectivity index (χ3n) is 6.82. The van der Waals surface area contributed by atoms with Gasteiger partial charge in [-0.3, -0.25) is 0 Å². The van der Waals surface area contributed by atoms with Gasteiger partial charge in [-0.2, -0.15) is 0 Å². The van der Waals surface area contributed by atoms with Crippen LogP contribution >= 0.6 is 0 Å². The molecule has 0 bridgehead atoms. The molecule has 0 spiro atoms. The molecule has 1 saturated carbocycles. The van der Waals surface area contributed by atoms with Crippen LogP contribution in [-0.2, 0) is 16.9 Å². The van der Waals surface area contributed by atoms with Crippen LogP contribution in [0.3, 0.4) is 0 Å². The Morgan fingerprint density at radius 3 is 2.44 bits per heavy atom. The fourth-order valence-electron chi connectivity index (χ4n) is 5.34. The second kappa shape index (κ2) is 6.53. The fourth-order valence-corrected chi connectivity index (χ4v) is 5.34. The number of nitrogens with two attached hydrogens (primary N) is 1. The van der Waals surface area contributed by atoms with Crippen LogP contribution in [0.25, 0.3) is 22.6 Å². The van der Waals surface area contributed by atoms with Gasteiger partial charge in [0.2, 0.25) is 11.9 Å². The molecule has 1 aliphatic carbocycles. The van der Waals surface area contributed by atoms with Crippen molar-refractivity contribution < 1.29 is 13.5 Å². The monoisotopic (exact) mass is 442 g/mol. The van der Waals surface area contributed by atoms with E-state index in [4.69, 9.17) is 25.4 Å². The Morgan fingerprint density at radius 2 is 1.75 bits per heavy atom. The molecule has 3 aromatic rings. The summed E-state index contributed by atoms with van der Waals surface area (Å²) in [5.41, 5.74) is 7.09. The SMILES string of the molecule is CC1(C)OCCn2c1nc1c(N3C[C@@H]4CC(F)(F)C[C@@H]4C3)nc(-c3cnc(N)nc3)nc12. The van der Waals surface area contributed by atoms with Gasteiger partial charge in [0.1, 0.15) is 11.4 Å². The average Bonchev–Trinajstić information content (AvgIpc) is 3.37. The Bertz CT molecular complexity index is 1190. The summed E-state index contributed by atoms with van der Waals surface area (Å²) in [5.74, 6) is -0.580. The maximum absolute atomic E-state index is 13.9. The highest BCUT2D eigenvalue weighted by molar-refractivity contribution is 5.86. The summed E-state index contributed by atoms with van der Waals surface area (Å²) in [6.45, 7) is 6.20. The van der Waals surface area contributed by atoms with Crippen molar-refractivity contribution >= 4 is 22.9 Å². The van der Waals surface area contributed by atoms with Crippen molar-refractivity contribution in [3.8, 4) is 11.4 Å². The molecule has 9 nitrogen and oxygen atoms in total. The average molecular weight is 442 g/mol. The first-order valence-electron chi connectivity index (χ1n) is 10.8. The summed E-state index contributed by atoms with van der Waals surface area (Å²) in [5, 5.41) is 0. The van der Waals surface area contributed by atoms with Crippen LogP contribution in [0, 0.1) is 11.8 Å². The molecule has 0 radical (unpaired) electrons. The molecule has 1 saturated heterocycles. The molecule has 0 aromatic carbocycles. The summed E-state index contributed by atoms with van der Waals surface area (Å²) in [6, 6.07) is 0. The number of imidazole rings is 1. The minimum absolute atomic E-state index is 0.0460. The lowest BCUT2D eigenvalue weighted by atomic mass is 10.0. The normalized spacial score (nSPS) is 25.8. The molecule has 6 rings (SSSR count). The molecule has 2 N–H and O–H groups in total. The van der Waals surface area contributed by atoms with E-state index in [1.807, 2.05) is 13.8 Å². The zero-order valence-electron chi connectivity index (χ0n) is 17.9. The molecule has 32 heavy (non-hydrogen) atoms. The number of rotatable bonds is 2. The number of aromatic nitrogens is 6. The maximum Gasteiger partial charge on any atom is 0.248 e. The number of hydrogen-bond acceptors (Lipinski definition) is 8. The van der Waals surface area contributed by atoms with E-state index in [1.54, 1.807) is 12.4 Å². The van der Waals surface area contributed by atoms with Crippen LogP contribution in [0.1, 0.15) is 32.5 Å². The van der Waals surface area contributed by atoms with Gasteiger partial charge in [0.25, 0.3) is 0 Å². The number of nitrogens with zero attached hydrogens (tertiary/aromatic N) is 7. The van der Waals surface area contributed by atoms with Crippen LogP contribution in [0.4, 0.5) is 20.5 Å². The second-order valence-electron chi connectivity index (χ2n) is 9.51. The molecule has 2 fully saturated rings. The summed E-state index contributed by atoms with van der Waals surface area (Å²) in [4.78, 5) is 24.8. The number of ether oxygens (including phenoxy) is 1. The van der Waals surface area contributed by atoms with Crippen LogP contribution in [-0.4, -0.2) is 55.1 Å². The van der Waals surface area contributed by atoms with Gasteiger partial charge in [-0.1, -0.05) is 0 Å². The van der Waals surface area contributed by atoms with E-state index in [2.05, 4.69) is 19.4 Å². The highest BCUT2D eigenvalue weighted by Crippen LogP contribution is 2.48. The minimum Gasteiger partial charge on any atom is -0.368 e. The van der Waals surface area contributed by atoms with Gasteiger partial charge in [0.15, 0.2) is 22.8 Å². The van der Waals surface area contributed by atoms with Crippen LogP contribution in [0.5, 0.6) is 0 Å². The number of fused-ring (bicyclic) bond motifs is 4. The largest absolute Gasteiger partial charge is 0.368 e. The molecule has 2 atom stereocenters. The number of alkyl halides is 2. The van der Waals surface area contributed by atoms with Crippen molar-refractivity contribution in [3.63, 3.8) is 0 Å². The van der Waals surface area contributed by atoms with Gasteiger partial charge in [-0.25, -0.2) is 33.7 Å². The highest BCUT2D eigenvalue weighted by Gasteiger charge is 2.50. The van der Waals surface area contributed by atoms with E-state index < -0.39 is 11.5 Å². The van der Waals surface area contributed by atoms with E-state index in [-0.39, 0.29) is 30.6 Å². The summed E-state index contributed by atoms with van der Waals surface area (Å²) >= 11 is 0. The first-order chi connectivity index (χ1) is 15.2. The van der Waals surface area contributed by atoms with Gasteiger partial charge in [0.05, 0.1) is 12.2 Å². The second-order valence-corrected chi connectivity index (χ2v) is 9.51. The highest BCUT2D eigenvalue weighted by atomic mass is 19.3.